The van der Waals surface area contributed by atoms with E-state index in [0.29, 0.717) is 23.0 Å². The second-order valence-corrected chi connectivity index (χ2v) is 5.72. The molecule has 0 saturated carbocycles. The Labute approximate surface area is 122 Å². The van der Waals surface area contributed by atoms with Gasteiger partial charge in [0.1, 0.15) is 5.15 Å². The molecule has 1 rings (SSSR count). The van der Waals surface area contributed by atoms with Crippen LogP contribution in [0.3, 0.4) is 0 Å². The number of aromatic nitrogens is 2. The van der Waals surface area contributed by atoms with Crippen LogP contribution in [0.25, 0.3) is 0 Å². The molecule has 2 unspecified atom stereocenters. The second kappa shape index (κ2) is 7.17. The second-order valence-electron chi connectivity index (χ2n) is 4.29. The Kier molecular flexibility index (Phi) is 6.16. The molecule has 1 aromatic rings. The van der Waals surface area contributed by atoms with E-state index in [0.717, 1.165) is 0 Å². The first-order valence-corrected chi connectivity index (χ1v) is 7.80. The smallest absolute Gasteiger partial charge is 0.256 e. The molecule has 0 radical (unpaired) electrons. The highest BCUT2D eigenvalue weighted by atomic mass is 35.5. The number of amides is 1. The molecule has 0 fully saturated rings. The summed E-state index contributed by atoms with van der Waals surface area (Å²) in [5.41, 5.74) is 1.02. The maximum atomic E-state index is 12.2. The molecule has 2 atom stereocenters. The molecule has 0 aliphatic rings. The first-order chi connectivity index (χ1) is 8.96. The van der Waals surface area contributed by atoms with Crippen molar-refractivity contribution in [1.29, 1.82) is 0 Å². The van der Waals surface area contributed by atoms with E-state index >= 15 is 0 Å². The summed E-state index contributed by atoms with van der Waals surface area (Å²) in [4.78, 5) is 12.2. The van der Waals surface area contributed by atoms with E-state index in [1.165, 1.54) is 11.8 Å². The Morgan fingerprint density at radius 2 is 2.26 bits per heavy atom. The van der Waals surface area contributed by atoms with Crippen molar-refractivity contribution in [2.24, 2.45) is 0 Å². The molecule has 0 saturated heterocycles. The Morgan fingerprint density at radius 1 is 1.63 bits per heavy atom. The lowest BCUT2D eigenvalue weighted by Gasteiger charge is -2.21. The topological polar surface area (TPSA) is 67.2 Å². The first-order valence-electron chi connectivity index (χ1n) is 6.13. The van der Waals surface area contributed by atoms with Gasteiger partial charge in [-0.1, -0.05) is 11.6 Å². The number of aliphatic hydroxyl groups is 1. The van der Waals surface area contributed by atoms with E-state index in [-0.39, 0.29) is 23.8 Å². The molecule has 0 aliphatic carbocycles. The van der Waals surface area contributed by atoms with E-state index < -0.39 is 0 Å². The van der Waals surface area contributed by atoms with Crippen molar-refractivity contribution in [1.82, 2.24) is 15.1 Å². The van der Waals surface area contributed by atoms with Crippen LogP contribution < -0.4 is 5.32 Å². The van der Waals surface area contributed by atoms with Crippen molar-refractivity contribution in [2.75, 3.05) is 12.9 Å². The predicted octanol–water partition coefficient (Wildman–Crippen LogP) is 1.71. The first kappa shape index (κ1) is 16.3. The van der Waals surface area contributed by atoms with Gasteiger partial charge in [-0.3, -0.25) is 9.48 Å². The molecular weight excluding hydrogens is 286 g/mol. The van der Waals surface area contributed by atoms with Gasteiger partial charge in [0.05, 0.1) is 17.9 Å². The molecule has 19 heavy (non-hydrogen) atoms. The fourth-order valence-electron chi connectivity index (χ4n) is 1.83. The van der Waals surface area contributed by atoms with Crippen LogP contribution in [0.15, 0.2) is 0 Å². The third-order valence-electron chi connectivity index (χ3n) is 2.99. The van der Waals surface area contributed by atoms with Crippen LogP contribution in [-0.2, 0) is 6.54 Å². The molecule has 108 valence electrons. The number of carbonyl (C=O) groups is 1. The quantitative estimate of drug-likeness (QED) is 0.839. The maximum absolute atomic E-state index is 12.2. The Balaban J connectivity index is 2.87. The lowest BCUT2D eigenvalue weighted by atomic mass is 10.2. The molecule has 1 heterocycles. The van der Waals surface area contributed by atoms with Crippen LogP contribution >= 0.6 is 23.4 Å². The van der Waals surface area contributed by atoms with E-state index in [4.69, 9.17) is 11.6 Å². The molecule has 0 aromatic carbocycles. The minimum atomic E-state index is -0.248. The number of hydrogen-bond acceptors (Lipinski definition) is 4. The lowest BCUT2D eigenvalue weighted by Crippen LogP contribution is -2.41. The zero-order valence-electron chi connectivity index (χ0n) is 11.6. The molecule has 2 N–H and O–H groups in total. The summed E-state index contributed by atoms with van der Waals surface area (Å²) in [6, 6.07) is -0.145. The van der Waals surface area contributed by atoms with Crippen molar-refractivity contribution in [3.8, 4) is 0 Å². The van der Waals surface area contributed by atoms with E-state index in [9.17, 15) is 9.90 Å². The van der Waals surface area contributed by atoms with E-state index in [1.54, 1.807) is 11.6 Å². The zero-order chi connectivity index (χ0) is 14.6. The SMILES string of the molecule is CCn1nc(C)c(C(=O)NC(C)C(CO)SC)c1Cl. The van der Waals surface area contributed by atoms with Crippen LogP contribution in [0.2, 0.25) is 5.15 Å². The van der Waals surface area contributed by atoms with Crippen LogP contribution in [0.5, 0.6) is 0 Å². The van der Waals surface area contributed by atoms with E-state index in [2.05, 4.69) is 10.4 Å². The molecule has 5 nitrogen and oxygen atoms in total. The van der Waals surface area contributed by atoms with Crippen LogP contribution in [0.1, 0.15) is 29.9 Å². The third-order valence-corrected chi connectivity index (χ3v) is 4.54. The fraction of sp³-hybridized carbons (Fsp3) is 0.667. The summed E-state index contributed by atoms with van der Waals surface area (Å²) in [5.74, 6) is -0.248. The zero-order valence-corrected chi connectivity index (χ0v) is 13.2. The highest BCUT2D eigenvalue weighted by Crippen LogP contribution is 2.20. The largest absolute Gasteiger partial charge is 0.395 e. The Morgan fingerprint density at radius 3 is 2.68 bits per heavy atom. The maximum Gasteiger partial charge on any atom is 0.256 e. The van der Waals surface area contributed by atoms with Crippen LogP contribution in [0.4, 0.5) is 0 Å². The van der Waals surface area contributed by atoms with Gasteiger partial charge in [-0.25, -0.2) is 0 Å². The number of carbonyl (C=O) groups excluding carboxylic acids is 1. The van der Waals surface area contributed by atoms with Gasteiger partial charge in [-0.2, -0.15) is 16.9 Å². The summed E-state index contributed by atoms with van der Waals surface area (Å²) in [7, 11) is 0. The van der Waals surface area contributed by atoms with Crippen LogP contribution in [0, 0.1) is 6.92 Å². The number of rotatable bonds is 6. The standard InChI is InChI=1S/C12H20ClN3O2S/c1-5-16-11(13)10(8(3)15-16)12(18)14-7(2)9(6-17)19-4/h7,9,17H,5-6H2,1-4H3,(H,14,18). The number of nitrogens with one attached hydrogen (secondary N) is 1. The minimum Gasteiger partial charge on any atom is -0.395 e. The monoisotopic (exact) mass is 305 g/mol. The van der Waals surface area contributed by atoms with Crippen molar-refractivity contribution < 1.29 is 9.90 Å². The average Bonchev–Trinajstić information content (AvgIpc) is 2.65. The summed E-state index contributed by atoms with van der Waals surface area (Å²) in [6.45, 7) is 6.17. The summed E-state index contributed by atoms with van der Waals surface area (Å²) in [6.07, 6.45) is 1.90. The highest BCUT2D eigenvalue weighted by molar-refractivity contribution is 7.99. The van der Waals surface area contributed by atoms with Gasteiger partial charge in [0.15, 0.2) is 0 Å². The van der Waals surface area contributed by atoms with Crippen molar-refractivity contribution >= 4 is 29.3 Å². The predicted molar refractivity (Wildman–Crippen MR) is 79.0 cm³/mol. The van der Waals surface area contributed by atoms with Gasteiger partial charge < -0.3 is 10.4 Å². The molecule has 0 bridgehead atoms. The van der Waals surface area contributed by atoms with Gasteiger partial charge in [0.25, 0.3) is 5.91 Å². The van der Waals surface area contributed by atoms with Crippen molar-refractivity contribution in [3.63, 3.8) is 0 Å². The molecule has 1 amide bonds. The van der Waals surface area contributed by atoms with E-state index in [1.807, 2.05) is 20.1 Å². The highest BCUT2D eigenvalue weighted by Gasteiger charge is 2.23. The van der Waals surface area contributed by atoms with Gasteiger partial charge in [-0.15, -0.1) is 0 Å². The Bertz CT molecular complexity index is 446. The number of aryl methyl sites for hydroxylation is 2. The average molecular weight is 306 g/mol. The number of aliphatic hydroxyl groups excluding tert-OH is 1. The normalized spacial score (nSPS) is 14.2. The summed E-state index contributed by atoms with van der Waals surface area (Å²) < 4.78 is 1.59. The molecule has 7 heteroatoms. The number of halogens is 1. The van der Waals surface area contributed by atoms with Crippen LogP contribution in [-0.4, -0.2) is 44.9 Å². The fourth-order valence-corrected chi connectivity index (χ4v) is 2.83. The molecule has 1 aromatic heterocycles. The lowest BCUT2D eigenvalue weighted by molar-refractivity contribution is 0.0935. The molecule has 0 spiro atoms. The molecule has 0 aliphatic heterocycles. The van der Waals surface area contributed by atoms with Gasteiger partial charge >= 0.3 is 0 Å². The third kappa shape index (κ3) is 3.64. The molecular formula is C12H20ClN3O2S. The summed E-state index contributed by atoms with van der Waals surface area (Å²) >= 11 is 7.66. The van der Waals surface area contributed by atoms with Crippen molar-refractivity contribution in [3.05, 3.63) is 16.4 Å². The number of nitrogens with zero attached hydrogens (tertiary/aromatic N) is 2. The summed E-state index contributed by atoms with van der Waals surface area (Å²) in [5, 5.41) is 16.6. The Hall–Kier alpha value is -0.720. The van der Waals surface area contributed by atoms with Gasteiger partial charge in [-0.05, 0) is 27.0 Å². The van der Waals surface area contributed by atoms with Gasteiger partial charge in [0.2, 0.25) is 0 Å². The number of hydrogen-bond donors (Lipinski definition) is 2. The van der Waals surface area contributed by atoms with Gasteiger partial charge in [0, 0.05) is 17.8 Å². The number of thioether (sulfide) groups is 1. The minimum absolute atomic E-state index is 0.0174. The van der Waals surface area contributed by atoms with Crippen molar-refractivity contribution in [2.45, 2.75) is 38.6 Å².